The summed E-state index contributed by atoms with van der Waals surface area (Å²) >= 11 is 0. The van der Waals surface area contributed by atoms with E-state index in [0.29, 0.717) is 5.75 Å². The van der Waals surface area contributed by atoms with Gasteiger partial charge in [-0.15, -0.1) is 0 Å². The highest BCUT2D eigenvalue weighted by molar-refractivity contribution is 7.93. The summed E-state index contributed by atoms with van der Waals surface area (Å²) in [6.07, 6.45) is 0. The van der Waals surface area contributed by atoms with Crippen molar-refractivity contribution in [2.75, 3.05) is 10.9 Å². The molecule has 0 aliphatic heterocycles. The molecule has 1 amide bonds. The van der Waals surface area contributed by atoms with Crippen molar-refractivity contribution in [2.45, 2.75) is 11.8 Å². The van der Waals surface area contributed by atoms with Crippen LogP contribution in [0.25, 0.3) is 0 Å². The predicted octanol–water partition coefficient (Wildman–Crippen LogP) is 3.80. The fourth-order valence-corrected chi connectivity index (χ4v) is 3.95. The van der Waals surface area contributed by atoms with Gasteiger partial charge in [-0.1, -0.05) is 54.1 Å². The Bertz CT molecular complexity index is 1000. The lowest BCUT2D eigenvalue weighted by molar-refractivity contribution is -0.119. The Morgan fingerprint density at radius 1 is 0.852 bits per heavy atom. The molecule has 0 N–H and O–H groups in total. The molecule has 0 bridgehead atoms. The number of carbonyl (C=O) groups excluding carboxylic acids is 1. The van der Waals surface area contributed by atoms with Gasteiger partial charge >= 0.3 is 0 Å². The molecule has 27 heavy (non-hydrogen) atoms. The Morgan fingerprint density at radius 3 is 2.00 bits per heavy atom. The molecule has 3 rings (SSSR count). The van der Waals surface area contributed by atoms with Crippen molar-refractivity contribution in [3.8, 4) is 5.75 Å². The highest BCUT2D eigenvalue weighted by Gasteiger charge is 2.31. The van der Waals surface area contributed by atoms with E-state index in [0.717, 1.165) is 9.87 Å². The highest BCUT2D eigenvalue weighted by Crippen LogP contribution is 2.24. The zero-order chi connectivity index (χ0) is 19.3. The van der Waals surface area contributed by atoms with Crippen LogP contribution in [0.4, 0.5) is 5.69 Å². The fourth-order valence-electron chi connectivity index (χ4n) is 2.52. The van der Waals surface area contributed by atoms with E-state index >= 15 is 0 Å². The van der Waals surface area contributed by atoms with Crippen molar-refractivity contribution >= 4 is 21.6 Å². The molecule has 0 unspecified atom stereocenters. The lowest BCUT2D eigenvalue weighted by Crippen LogP contribution is -2.40. The van der Waals surface area contributed by atoms with Gasteiger partial charge in [-0.3, -0.25) is 4.79 Å². The molecule has 0 saturated heterocycles. The Labute approximate surface area is 158 Å². The SMILES string of the molecule is Cc1ccc(OCC(=O)N(c2ccccc2)S(=O)(=O)c2ccccc2)cc1. The maximum absolute atomic E-state index is 13.1. The normalized spacial score (nSPS) is 11.0. The first-order valence-corrected chi connectivity index (χ1v) is 9.80. The molecule has 0 heterocycles. The van der Waals surface area contributed by atoms with Crippen LogP contribution < -0.4 is 9.04 Å². The van der Waals surface area contributed by atoms with Gasteiger partial charge in [-0.05, 0) is 43.3 Å². The van der Waals surface area contributed by atoms with E-state index in [-0.39, 0.29) is 10.6 Å². The lowest BCUT2D eigenvalue weighted by atomic mass is 10.2. The number of ether oxygens (including phenoxy) is 1. The third-order valence-corrected chi connectivity index (χ3v) is 5.64. The van der Waals surface area contributed by atoms with E-state index in [1.54, 1.807) is 60.7 Å². The molecule has 3 aromatic rings. The Balaban J connectivity index is 1.90. The van der Waals surface area contributed by atoms with Crippen molar-refractivity contribution in [3.63, 3.8) is 0 Å². The number of hydrogen-bond acceptors (Lipinski definition) is 4. The minimum atomic E-state index is -4.06. The van der Waals surface area contributed by atoms with Crippen molar-refractivity contribution in [1.82, 2.24) is 0 Å². The number of rotatable bonds is 6. The largest absolute Gasteiger partial charge is 0.484 e. The summed E-state index contributed by atoms with van der Waals surface area (Å²) in [5.74, 6) is -0.176. The average Bonchev–Trinajstić information content (AvgIpc) is 2.69. The van der Waals surface area contributed by atoms with Crippen LogP contribution in [-0.2, 0) is 14.8 Å². The first-order valence-electron chi connectivity index (χ1n) is 8.36. The van der Waals surface area contributed by atoms with Gasteiger partial charge in [-0.25, -0.2) is 8.42 Å². The van der Waals surface area contributed by atoms with Gasteiger partial charge in [0.25, 0.3) is 15.9 Å². The van der Waals surface area contributed by atoms with E-state index in [1.807, 2.05) is 19.1 Å². The summed E-state index contributed by atoms with van der Waals surface area (Å²) in [7, 11) is -4.06. The zero-order valence-corrected chi connectivity index (χ0v) is 15.6. The monoisotopic (exact) mass is 381 g/mol. The Morgan fingerprint density at radius 2 is 1.41 bits per heavy atom. The lowest BCUT2D eigenvalue weighted by Gasteiger charge is -2.22. The molecule has 0 radical (unpaired) electrons. The molecule has 0 aliphatic carbocycles. The molecule has 0 fully saturated rings. The van der Waals surface area contributed by atoms with Crippen LogP contribution in [-0.4, -0.2) is 20.9 Å². The second-order valence-electron chi connectivity index (χ2n) is 5.91. The van der Waals surface area contributed by atoms with Gasteiger partial charge in [0.05, 0.1) is 10.6 Å². The van der Waals surface area contributed by atoms with Crippen LogP contribution in [0.1, 0.15) is 5.56 Å². The van der Waals surface area contributed by atoms with Crippen LogP contribution in [0.5, 0.6) is 5.75 Å². The fraction of sp³-hybridized carbons (Fsp3) is 0.0952. The second-order valence-corrected chi connectivity index (χ2v) is 7.70. The summed E-state index contributed by atoms with van der Waals surface area (Å²) in [5, 5.41) is 0. The number of anilines is 1. The molecule has 0 aromatic heterocycles. The topological polar surface area (TPSA) is 63.7 Å². The molecular formula is C21H19NO4S. The Kier molecular flexibility index (Phi) is 5.57. The standard InChI is InChI=1S/C21H19NO4S/c1-17-12-14-19(15-13-17)26-16-21(23)22(18-8-4-2-5-9-18)27(24,25)20-10-6-3-7-11-20/h2-15H,16H2,1H3. The number of nitrogens with zero attached hydrogens (tertiary/aromatic N) is 1. The molecule has 3 aromatic carbocycles. The molecule has 138 valence electrons. The quantitative estimate of drug-likeness (QED) is 0.652. The van der Waals surface area contributed by atoms with Crippen molar-refractivity contribution in [3.05, 3.63) is 90.5 Å². The van der Waals surface area contributed by atoms with Crippen molar-refractivity contribution in [2.24, 2.45) is 0 Å². The van der Waals surface area contributed by atoms with Crippen molar-refractivity contribution in [1.29, 1.82) is 0 Å². The van der Waals surface area contributed by atoms with Gasteiger partial charge < -0.3 is 4.74 Å². The smallest absolute Gasteiger partial charge is 0.278 e. The van der Waals surface area contributed by atoms with Crippen LogP contribution in [0.2, 0.25) is 0 Å². The first kappa shape index (κ1) is 18.7. The maximum Gasteiger partial charge on any atom is 0.278 e. The number of carbonyl (C=O) groups is 1. The molecule has 0 spiro atoms. The van der Waals surface area contributed by atoms with Crippen molar-refractivity contribution < 1.29 is 17.9 Å². The summed E-state index contributed by atoms with van der Waals surface area (Å²) < 4.78 is 32.4. The number of sulfonamides is 1. The molecule has 6 heteroatoms. The van der Waals surface area contributed by atoms with E-state index in [9.17, 15) is 13.2 Å². The zero-order valence-electron chi connectivity index (χ0n) is 14.8. The first-order chi connectivity index (χ1) is 13.0. The van der Waals surface area contributed by atoms with Gasteiger partial charge in [0.1, 0.15) is 5.75 Å². The van der Waals surface area contributed by atoms with Crippen LogP contribution in [0, 0.1) is 6.92 Å². The second kappa shape index (κ2) is 8.05. The van der Waals surface area contributed by atoms with E-state index in [2.05, 4.69) is 0 Å². The number of hydrogen-bond donors (Lipinski definition) is 0. The predicted molar refractivity (Wildman–Crippen MR) is 104 cm³/mol. The van der Waals surface area contributed by atoms with Gasteiger partial charge in [0.2, 0.25) is 0 Å². The van der Waals surface area contributed by atoms with E-state index < -0.39 is 22.5 Å². The summed E-state index contributed by atoms with van der Waals surface area (Å²) in [4.78, 5) is 12.9. The molecule has 0 atom stereocenters. The molecule has 5 nitrogen and oxygen atoms in total. The van der Waals surface area contributed by atoms with Crippen LogP contribution >= 0.6 is 0 Å². The average molecular weight is 381 g/mol. The minimum Gasteiger partial charge on any atom is -0.484 e. The molecular weight excluding hydrogens is 362 g/mol. The molecule has 0 saturated carbocycles. The van der Waals surface area contributed by atoms with Gasteiger partial charge in [0, 0.05) is 0 Å². The number of aryl methyl sites for hydroxylation is 1. The summed E-state index contributed by atoms with van der Waals surface area (Å²) in [6, 6.07) is 23.3. The van der Waals surface area contributed by atoms with E-state index in [4.69, 9.17) is 4.74 Å². The highest BCUT2D eigenvalue weighted by atomic mass is 32.2. The summed E-state index contributed by atoms with van der Waals surface area (Å²) in [5.41, 5.74) is 1.32. The molecule has 0 aliphatic rings. The number of benzene rings is 3. The van der Waals surface area contributed by atoms with Gasteiger partial charge in [0.15, 0.2) is 6.61 Å². The number of amides is 1. The van der Waals surface area contributed by atoms with Crippen LogP contribution in [0.3, 0.4) is 0 Å². The minimum absolute atomic E-state index is 0.0394. The van der Waals surface area contributed by atoms with Crippen LogP contribution in [0.15, 0.2) is 89.8 Å². The maximum atomic E-state index is 13.1. The third-order valence-electron chi connectivity index (χ3n) is 3.88. The van der Waals surface area contributed by atoms with Gasteiger partial charge in [-0.2, -0.15) is 4.31 Å². The summed E-state index contributed by atoms with van der Waals surface area (Å²) in [6.45, 7) is 1.54. The number of para-hydroxylation sites is 1. The Hall–Kier alpha value is -3.12. The third kappa shape index (κ3) is 4.35. The van der Waals surface area contributed by atoms with E-state index in [1.165, 1.54) is 12.1 Å².